The van der Waals surface area contributed by atoms with Gasteiger partial charge in [-0.1, -0.05) is 127 Å². The van der Waals surface area contributed by atoms with Crippen molar-refractivity contribution in [2.45, 2.75) is 173 Å². The van der Waals surface area contributed by atoms with Crippen LogP contribution in [0.5, 0.6) is 51.7 Å². The molecule has 768 valence electrons. The number of phenols is 2. The summed E-state index contributed by atoms with van der Waals surface area (Å²) in [6.45, 7) is 20.7. The van der Waals surface area contributed by atoms with Gasteiger partial charge in [0.1, 0.15) is 98.5 Å². The van der Waals surface area contributed by atoms with Crippen LogP contribution in [0.3, 0.4) is 0 Å². The van der Waals surface area contributed by atoms with Crippen molar-refractivity contribution in [3.8, 4) is 80.2 Å². The third-order valence-corrected chi connectivity index (χ3v) is 29.1. The van der Waals surface area contributed by atoms with E-state index in [2.05, 4.69) is 5.32 Å². The van der Waals surface area contributed by atoms with Gasteiger partial charge in [0.05, 0.1) is 82.0 Å². The SMILES string of the molecule is CC1(C)Oc2cc(F)ccc2C2C1=CCn1c(=O)n(-c3ccccc3)c(=O)n12.CCOC(=O)CCC1(C)Oc2cc(O)ccc2C2C1=CCn1c(=O)n(-c3ccccc3)c(=O)n12.CNc1ccc2c(c1)OC(C)(C)C1=CCn3c(=O)n(-c4ccccc4)c(=O)n3C12.COc1ccc2c(c1)C1C(=CCn3c(=O)n(-c4ccccc4)c(=O)n31)C(C)(C)O2.COc1ccc2c(c1O)OC(C)(C)C1=CCn3c(=O)n(-c4ccccc4)c(=O)n3C12. The van der Waals surface area contributed by atoms with Crippen LogP contribution in [0.2, 0.25) is 0 Å². The number of carbonyl (C=O) groups excluding carboxylic acids is 1. The van der Waals surface area contributed by atoms with Crippen LogP contribution in [-0.2, 0) is 42.3 Å². The number of carbonyl (C=O) groups is 1. The Bertz CT molecular complexity index is 8860. The Hall–Kier alpha value is -18.0. The standard InChI is InChI=1S/C25H25N3O6.C22H22N4O3.C22H21N3O5.C22H21N3O4.C21H18FN3O3/c1-3-33-21(30)11-13-25(2)19-12-14-26-23(31)27(16-7-5-4-6-8-16)24(32)28(26)22(19)18-10-9-17(29)15-20(18)34-25;1-22(2)17-11-12-24-20(27)25(15-7-5-4-6-8-15)21(28)26(24)19(17)16-10-9-14(23-3)13-18(16)29-22;1-22(2)15-11-12-23-20(27)24(13-7-5-4-6-8-13)21(28)25(23)17(15)14-9-10-16(29-3)18(26)19(14)30-22;1-22(2)17-11-12-23-20(26)24(14-7-5-4-6-8-14)21(27)25(23)19(17)16-13-15(28-3)9-10-18(16)29-22;1-21(2)16-10-11-23-19(26)24(14-6-4-3-5-7-14)20(27)25(23)18(16)15-9-8-13(22)12-17(15)28-21/h4-10,12,15,22,29H,3,11,13-14H2,1-2H3;4-11,13,19,23H,12H2,1-3H3;4-11,17,26H,12H2,1-3H3;4-11,13,19H,12H2,1-3H3;3-10,12,18H,11H2,1-2H3. The van der Waals surface area contributed by atoms with Crippen molar-refractivity contribution in [1.29, 1.82) is 0 Å². The molecule has 10 aromatic carbocycles. The molecular formula is C112H107FN16O21. The second-order valence-electron chi connectivity index (χ2n) is 39.6. The van der Waals surface area contributed by atoms with Crippen molar-refractivity contribution in [3.05, 3.63) is 433 Å². The number of aromatic nitrogens is 15. The van der Waals surface area contributed by atoms with E-state index in [9.17, 15) is 67.3 Å². The summed E-state index contributed by atoms with van der Waals surface area (Å²) < 4.78 is 81.2. The Kier molecular flexibility index (Phi) is 24.3. The Labute approximate surface area is 853 Å². The summed E-state index contributed by atoms with van der Waals surface area (Å²) in [7, 11) is 4.91. The van der Waals surface area contributed by atoms with Gasteiger partial charge in [-0.3, -0.25) is 4.79 Å². The largest absolute Gasteiger partial charge is 0.508 e. The van der Waals surface area contributed by atoms with Crippen LogP contribution in [0.15, 0.2) is 343 Å². The molecule has 6 unspecified atom stereocenters. The molecule has 6 atom stereocenters. The Morgan fingerprint density at radius 1 is 0.360 bits per heavy atom. The van der Waals surface area contributed by atoms with Crippen LogP contribution >= 0.6 is 0 Å². The number of anilines is 1. The van der Waals surface area contributed by atoms with E-state index in [1.807, 2.05) is 191 Å². The highest BCUT2D eigenvalue weighted by molar-refractivity contribution is 5.70. The molecule has 10 aliphatic heterocycles. The maximum Gasteiger partial charge on any atom is 0.352 e. The summed E-state index contributed by atoms with van der Waals surface area (Å²) in [5.41, 5.74) is 3.86. The van der Waals surface area contributed by atoms with Crippen LogP contribution in [0.1, 0.15) is 140 Å². The van der Waals surface area contributed by atoms with Crippen molar-refractivity contribution in [2.75, 3.05) is 33.2 Å². The minimum atomic E-state index is -0.951. The zero-order valence-corrected chi connectivity index (χ0v) is 84.2. The average Bonchev–Trinajstić information content (AvgIpc) is 1.46. The Morgan fingerprint density at radius 3 is 1.07 bits per heavy atom. The molecule has 0 amide bonds. The van der Waals surface area contributed by atoms with E-state index in [4.69, 9.17) is 37.9 Å². The zero-order valence-electron chi connectivity index (χ0n) is 84.2. The van der Waals surface area contributed by atoms with E-state index in [0.29, 0.717) is 93.4 Å². The molecule has 5 aromatic heterocycles. The molecule has 0 aliphatic carbocycles. The van der Waals surface area contributed by atoms with E-state index in [1.165, 1.54) is 87.1 Å². The maximum atomic E-state index is 13.8. The van der Waals surface area contributed by atoms with Crippen LogP contribution in [0.4, 0.5) is 10.1 Å². The first-order valence-electron chi connectivity index (χ1n) is 49.1. The minimum Gasteiger partial charge on any atom is -0.508 e. The number of nitrogens with zero attached hydrogens (tertiary/aromatic N) is 15. The quantitative estimate of drug-likeness (QED) is 0.0755. The molecule has 0 spiro atoms. The number of ether oxygens (including phenoxy) is 8. The van der Waals surface area contributed by atoms with Gasteiger partial charge in [0, 0.05) is 71.6 Å². The van der Waals surface area contributed by atoms with Gasteiger partial charge >= 0.3 is 62.9 Å². The molecule has 37 nitrogen and oxygen atoms in total. The first-order valence-corrected chi connectivity index (χ1v) is 49.1. The monoisotopic (exact) mass is 2030 g/mol. The van der Waals surface area contributed by atoms with E-state index >= 15 is 0 Å². The van der Waals surface area contributed by atoms with Gasteiger partial charge < -0.3 is 53.4 Å². The van der Waals surface area contributed by atoms with Crippen molar-refractivity contribution >= 4 is 11.7 Å². The summed E-state index contributed by atoms with van der Waals surface area (Å²) in [5, 5.41) is 23.9. The highest BCUT2D eigenvalue weighted by atomic mass is 19.1. The number of hydrogen-bond acceptors (Lipinski definition) is 22. The van der Waals surface area contributed by atoms with E-state index in [-0.39, 0.29) is 84.4 Å². The molecule has 38 heteroatoms. The summed E-state index contributed by atoms with van der Waals surface area (Å²) in [5.74, 6) is 2.50. The normalized spacial score (nSPS) is 19.1. The topological polar surface area (TPSA) is 388 Å². The fourth-order valence-corrected chi connectivity index (χ4v) is 22.1. The molecule has 150 heavy (non-hydrogen) atoms. The number of nitrogens with one attached hydrogen (secondary N) is 1. The fourth-order valence-electron chi connectivity index (χ4n) is 22.1. The van der Waals surface area contributed by atoms with Crippen molar-refractivity contribution < 1.29 is 57.3 Å². The second-order valence-corrected chi connectivity index (χ2v) is 39.6. The number of fused-ring (bicyclic) bond motifs is 25. The summed E-state index contributed by atoms with van der Waals surface area (Å²) in [6, 6.07) is 65.7. The molecule has 10 aliphatic rings. The number of benzene rings is 10. The minimum absolute atomic E-state index is 0.0151. The first kappa shape index (κ1) is 98.0. The van der Waals surface area contributed by atoms with Crippen LogP contribution in [0.25, 0.3) is 28.4 Å². The van der Waals surface area contributed by atoms with Crippen molar-refractivity contribution in [3.63, 3.8) is 0 Å². The van der Waals surface area contributed by atoms with Gasteiger partial charge in [0.2, 0.25) is 5.75 Å². The van der Waals surface area contributed by atoms with Gasteiger partial charge in [-0.2, -0.15) is 0 Å². The third-order valence-electron chi connectivity index (χ3n) is 29.1. The second kappa shape index (κ2) is 37.2. The number of allylic oxidation sites excluding steroid dienone is 5. The van der Waals surface area contributed by atoms with E-state index in [0.717, 1.165) is 49.2 Å². The lowest BCUT2D eigenvalue weighted by Gasteiger charge is -2.44. The lowest BCUT2D eigenvalue weighted by Crippen LogP contribution is -2.48. The Balaban J connectivity index is 0.000000110. The predicted molar refractivity (Wildman–Crippen MR) is 554 cm³/mol. The third kappa shape index (κ3) is 16.1. The highest BCUT2D eigenvalue weighted by Gasteiger charge is 2.52. The first-order chi connectivity index (χ1) is 71.9. The number of methoxy groups -OCH3 is 2. The number of phenolic OH excluding ortho intramolecular Hbond substituents is 2. The van der Waals surface area contributed by atoms with Gasteiger partial charge in [-0.15, -0.1) is 0 Å². The number of rotatable bonds is 12. The number of para-hydroxylation sites is 5. The number of halogens is 1. The van der Waals surface area contributed by atoms with Gasteiger partial charge in [-0.25, -0.2) is 122 Å². The molecule has 15 aromatic rings. The lowest BCUT2D eigenvalue weighted by atomic mass is 9.79. The summed E-state index contributed by atoms with van der Waals surface area (Å²) >= 11 is 0. The molecule has 0 saturated heterocycles. The average molecular weight is 2030 g/mol. The number of hydrogen-bond donors (Lipinski definition) is 3. The smallest absolute Gasteiger partial charge is 0.352 e. The summed E-state index contributed by atoms with van der Waals surface area (Å²) in [4.78, 5) is 145. The van der Waals surface area contributed by atoms with Crippen molar-refractivity contribution in [2.24, 2.45) is 0 Å². The van der Waals surface area contributed by atoms with Crippen LogP contribution in [0, 0.1) is 5.82 Å². The molecule has 0 saturated carbocycles. The van der Waals surface area contributed by atoms with E-state index < -0.39 is 98.2 Å². The van der Waals surface area contributed by atoms with Gasteiger partial charge in [-0.05, 0) is 218 Å². The van der Waals surface area contributed by atoms with Gasteiger partial charge in [0.15, 0.2) is 11.5 Å². The molecule has 25 rings (SSSR count). The maximum absolute atomic E-state index is 13.8. The fraction of sp³-hybridized carbons (Fsp3) is 0.277. The molecular weight excluding hydrogens is 1920 g/mol. The molecule has 3 N–H and O–H groups in total. The number of esters is 1. The molecule has 15 heterocycles. The van der Waals surface area contributed by atoms with Crippen LogP contribution in [-0.4, -0.2) is 142 Å². The number of aromatic hydroxyl groups is 2. The molecule has 0 bridgehead atoms. The van der Waals surface area contributed by atoms with Crippen molar-refractivity contribution in [1.82, 2.24) is 69.7 Å². The summed E-state index contributed by atoms with van der Waals surface area (Å²) in [6.07, 6.45) is 10.2. The Morgan fingerprint density at radius 2 is 0.693 bits per heavy atom. The zero-order chi connectivity index (χ0) is 106. The molecule has 0 radical (unpaired) electrons. The molecule has 0 fully saturated rings. The van der Waals surface area contributed by atoms with E-state index in [1.54, 1.807) is 145 Å². The lowest BCUT2D eigenvalue weighted by molar-refractivity contribution is -0.144. The predicted octanol–water partition coefficient (Wildman–Crippen LogP) is 12.4. The van der Waals surface area contributed by atoms with Crippen LogP contribution < -0.4 is 95.4 Å². The van der Waals surface area contributed by atoms with Gasteiger partial charge in [0.25, 0.3) is 0 Å². The highest BCUT2D eigenvalue weighted by Crippen LogP contribution is 2.55.